The highest BCUT2D eigenvalue weighted by atomic mass is 35.5. The largest absolute Gasteiger partial charge is 0.390 e. The molecule has 0 aliphatic heterocycles. The highest BCUT2D eigenvalue weighted by Crippen LogP contribution is 2.25. The van der Waals surface area contributed by atoms with E-state index in [0.717, 1.165) is 11.3 Å². The number of amides is 1. The smallest absolute Gasteiger partial charge is 0.361 e. The number of carbonyl (C=O) groups is 1. The third-order valence-electron chi connectivity index (χ3n) is 5.56. The van der Waals surface area contributed by atoms with Gasteiger partial charge >= 0.3 is 5.82 Å². The minimum atomic E-state index is -0.566. The van der Waals surface area contributed by atoms with Crippen molar-refractivity contribution in [3.8, 4) is 0 Å². The van der Waals surface area contributed by atoms with Gasteiger partial charge in [0.25, 0.3) is 5.91 Å². The van der Waals surface area contributed by atoms with Crippen LogP contribution in [0.4, 0.5) is 11.5 Å². The van der Waals surface area contributed by atoms with E-state index in [1.165, 1.54) is 10.7 Å². The van der Waals surface area contributed by atoms with Gasteiger partial charge in [-0.3, -0.25) is 9.48 Å². The van der Waals surface area contributed by atoms with Gasteiger partial charge in [0.1, 0.15) is 5.76 Å². The van der Waals surface area contributed by atoms with Gasteiger partial charge in [0.05, 0.1) is 52.6 Å². The summed E-state index contributed by atoms with van der Waals surface area (Å²) in [6.07, 6.45) is 0. The van der Waals surface area contributed by atoms with Crippen LogP contribution in [0, 0.1) is 37.8 Å². The van der Waals surface area contributed by atoms with Gasteiger partial charge in [0, 0.05) is 5.02 Å². The number of nitro groups is 1. The summed E-state index contributed by atoms with van der Waals surface area (Å²) in [5.41, 5.74) is 4.00. The summed E-state index contributed by atoms with van der Waals surface area (Å²) in [6, 6.07) is 8.86. The van der Waals surface area contributed by atoms with Crippen molar-refractivity contribution in [1.82, 2.24) is 24.7 Å². The minimum absolute atomic E-state index is 0.0766. The molecule has 4 aromatic rings. The first-order valence-electron chi connectivity index (χ1n) is 10.4. The van der Waals surface area contributed by atoms with Crippen LogP contribution in [-0.4, -0.2) is 35.5 Å². The molecule has 1 amide bonds. The quantitative estimate of drug-likeness (QED) is 0.307. The number of rotatable bonds is 7. The second-order valence-corrected chi connectivity index (χ2v) is 8.28. The first-order chi connectivity index (χ1) is 16.2. The fraction of sp³-hybridized carbons (Fsp3) is 0.273. The van der Waals surface area contributed by atoms with Gasteiger partial charge in [-0.25, -0.2) is 0 Å². The number of nitrogens with zero attached hydrogens (tertiary/aromatic N) is 6. The van der Waals surface area contributed by atoms with Crippen LogP contribution in [-0.2, 0) is 13.1 Å². The summed E-state index contributed by atoms with van der Waals surface area (Å²) in [4.78, 5) is 23.6. The Morgan fingerprint density at radius 1 is 1.15 bits per heavy atom. The van der Waals surface area contributed by atoms with Gasteiger partial charge in [0.15, 0.2) is 5.69 Å². The lowest BCUT2D eigenvalue weighted by molar-refractivity contribution is -0.389. The van der Waals surface area contributed by atoms with Crippen LogP contribution in [0.15, 0.2) is 34.9 Å². The number of hydrogen-bond acceptors (Lipinski definition) is 7. The molecule has 1 N–H and O–H groups in total. The van der Waals surface area contributed by atoms with Crippen LogP contribution >= 0.6 is 11.6 Å². The monoisotopic (exact) mass is 483 g/mol. The Labute approximate surface area is 199 Å². The molecule has 34 heavy (non-hydrogen) atoms. The van der Waals surface area contributed by atoms with E-state index in [9.17, 15) is 14.9 Å². The van der Waals surface area contributed by atoms with Crippen molar-refractivity contribution in [3.63, 3.8) is 0 Å². The highest BCUT2D eigenvalue weighted by molar-refractivity contribution is 6.31. The molecule has 0 unspecified atom stereocenters. The number of halogens is 1. The Kier molecular flexibility index (Phi) is 6.20. The normalized spacial score (nSPS) is 11.1. The second-order valence-electron chi connectivity index (χ2n) is 7.87. The van der Waals surface area contributed by atoms with E-state index in [-0.39, 0.29) is 18.1 Å². The van der Waals surface area contributed by atoms with E-state index in [4.69, 9.17) is 16.1 Å². The van der Waals surface area contributed by atoms with Crippen LogP contribution < -0.4 is 5.32 Å². The van der Waals surface area contributed by atoms with Crippen molar-refractivity contribution in [3.05, 3.63) is 85.1 Å². The Morgan fingerprint density at radius 3 is 2.56 bits per heavy atom. The second kappa shape index (κ2) is 9.10. The third-order valence-corrected chi connectivity index (χ3v) is 5.93. The average molecular weight is 484 g/mol. The van der Waals surface area contributed by atoms with Crippen molar-refractivity contribution in [2.24, 2.45) is 0 Å². The first-order valence-corrected chi connectivity index (χ1v) is 10.8. The summed E-state index contributed by atoms with van der Waals surface area (Å²) in [5, 5.41) is 27.0. The van der Waals surface area contributed by atoms with Crippen LogP contribution in [0.25, 0.3) is 0 Å². The predicted octanol–water partition coefficient (Wildman–Crippen LogP) is 4.21. The van der Waals surface area contributed by atoms with Crippen molar-refractivity contribution in [2.45, 2.75) is 40.8 Å². The fourth-order valence-electron chi connectivity index (χ4n) is 3.64. The molecule has 0 atom stereocenters. The molecule has 0 radical (unpaired) electrons. The molecule has 3 aromatic heterocycles. The van der Waals surface area contributed by atoms with Gasteiger partial charge in [0.2, 0.25) is 0 Å². The number of anilines is 1. The van der Waals surface area contributed by atoms with E-state index in [2.05, 4.69) is 20.7 Å². The third kappa shape index (κ3) is 4.42. The minimum Gasteiger partial charge on any atom is -0.361 e. The topological polar surface area (TPSA) is 134 Å². The van der Waals surface area contributed by atoms with Crippen molar-refractivity contribution < 1.29 is 14.2 Å². The summed E-state index contributed by atoms with van der Waals surface area (Å²) in [5.74, 6) is -0.324. The van der Waals surface area contributed by atoms with Crippen LogP contribution in [0.3, 0.4) is 0 Å². The molecule has 4 rings (SSSR count). The number of carbonyl (C=O) groups excluding carboxylic acids is 1. The molecular weight excluding hydrogens is 462 g/mol. The maximum atomic E-state index is 13.1. The summed E-state index contributed by atoms with van der Waals surface area (Å²) < 4.78 is 8.47. The zero-order valence-corrected chi connectivity index (χ0v) is 19.8. The van der Waals surface area contributed by atoms with E-state index in [0.29, 0.717) is 40.0 Å². The molecule has 11 nitrogen and oxygen atoms in total. The molecular formula is C22H22ClN7O4. The molecule has 12 heteroatoms. The molecule has 0 bridgehead atoms. The maximum Gasteiger partial charge on any atom is 0.390 e. The maximum absolute atomic E-state index is 13.1. The fourth-order valence-corrected chi connectivity index (χ4v) is 3.84. The molecule has 3 heterocycles. The van der Waals surface area contributed by atoms with Gasteiger partial charge in [-0.2, -0.15) is 9.78 Å². The number of aromatic nitrogens is 5. The van der Waals surface area contributed by atoms with Crippen molar-refractivity contribution >= 4 is 29.0 Å². The Morgan fingerprint density at radius 2 is 1.88 bits per heavy atom. The lowest BCUT2D eigenvalue weighted by Crippen LogP contribution is -2.17. The summed E-state index contributed by atoms with van der Waals surface area (Å²) in [6.45, 7) is 7.57. The molecule has 0 aliphatic carbocycles. The first kappa shape index (κ1) is 23.2. The Hall–Kier alpha value is -3.99. The van der Waals surface area contributed by atoms with Gasteiger partial charge in [-0.1, -0.05) is 35.0 Å². The molecule has 0 saturated heterocycles. The lowest BCUT2D eigenvalue weighted by atomic mass is 10.1. The molecule has 0 spiro atoms. The van der Waals surface area contributed by atoms with Crippen LogP contribution in [0.1, 0.15) is 44.5 Å². The van der Waals surface area contributed by atoms with Crippen LogP contribution in [0.5, 0.6) is 0 Å². The number of hydrogen-bond donors (Lipinski definition) is 1. The van der Waals surface area contributed by atoms with E-state index in [1.807, 2.05) is 31.2 Å². The van der Waals surface area contributed by atoms with E-state index >= 15 is 0 Å². The zero-order valence-electron chi connectivity index (χ0n) is 19.0. The SMILES string of the molecule is Cc1nn(Cc2ccccc2Cl)c(C)c1NC(=O)c1noc(C)c1Cn1nc([N+](=O)[O-])cc1C. The van der Waals surface area contributed by atoms with Crippen molar-refractivity contribution in [2.75, 3.05) is 5.32 Å². The van der Waals surface area contributed by atoms with E-state index < -0.39 is 10.8 Å². The molecule has 0 saturated carbocycles. The number of nitrogens with one attached hydrogen (secondary N) is 1. The van der Waals surface area contributed by atoms with Gasteiger partial charge in [-0.15, -0.1) is 0 Å². The average Bonchev–Trinajstić information content (AvgIpc) is 3.42. The Bertz CT molecular complexity index is 1400. The molecule has 1 aromatic carbocycles. The molecule has 0 aliphatic rings. The number of aryl methyl sites for hydroxylation is 3. The van der Waals surface area contributed by atoms with Crippen molar-refractivity contribution in [1.29, 1.82) is 0 Å². The summed E-state index contributed by atoms with van der Waals surface area (Å²) >= 11 is 6.28. The number of benzene rings is 1. The highest BCUT2D eigenvalue weighted by Gasteiger charge is 2.25. The van der Waals surface area contributed by atoms with Gasteiger partial charge in [-0.05, 0) is 44.2 Å². The standard InChI is InChI=1S/C22H22ClN7O4/c1-12-9-19(30(32)33)26-28(12)11-17-15(4)34-27-21(17)22(31)24-20-13(2)25-29(14(20)3)10-16-7-5-6-8-18(16)23/h5-9H,10-11H2,1-4H3,(H,24,31). The van der Waals surface area contributed by atoms with Gasteiger partial charge < -0.3 is 20.0 Å². The zero-order chi connectivity index (χ0) is 24.6. The Balaban J connectivity index is 1.58. The van der Waals surface area contributed by atoms with Crippen LogP contribution in [0.2, 0.25) is 5.02 Å². The molecule has 176 valence electrons. The lowest BCUT2D eigenvalue weighted by Gasteiger charge is -2.08. The molecule has 0 fully saturated rings. The van der Waals surface area contributed by atoms with E-state index in [1.54, 1.807) is 25.5 Å². The summed E-state index contributed by atoms with van der Waals surface area (Å²) in [7, 11) is 0. The predicted molar refractivity (Wildman–Crippen MR) is 124 cm³/mol.